The highest BCUT2D eigenvalue weighted by molar-refractivity contribution is 5.85. The molecule has 1 rings (SSSR count). The number of rotatable bonds is 3. The summed E-state index contributed by atoms with van der Waals surface area (Å²) in [6.45, 7) is 5.43. The molecule has 15 heavy (non-hydrogen) atoms. The van der Waals surface area contributed by atoms with Crippen LogP contribution in [0, 0.1) is 11.6 Å². The molecule has 1 aromatic carbocycles. The lowest BCUT2D eigenvalue weighted by atomic mass is 10.0. The molecule has 0 aromatic heterocycles. The van der Waals surface area contributed by atoms with Gasteiger partial charge < -0.3 is 5.73 Å². The third kappa shape index (κ3) is 3.61. The summed E-state index contributed by atoms with van der Waals surface area (Å²) in [5.41, 5.74) is 6.40. The molecule has 0 bridgehead atoms. The zero-order valence-electron chi connectivity index (χ0n) is 8.47. The molecule has 4 heteroatoms. The van der Waals surface area contributed by atoms with Gasteiger partial charge in [0, 0.05) is 11.6 Å². The summed E-state index contributed by atoms with van der Waals surface area (Å²) in [5, 5.41) is 0. The van der Waals surface area contributed by atoms with E-state index in [4.69, 9.17) is 5.73 Å². The van der Waals surface area contributed by atoms with Gasteiger partial charge in [-0.05, 0) is 25.5 Å². The second-order valence-corrected chi connectivity index (χ2v) is 3.40. The molecule has 0 aliphatic heterocycles. The molecule has 2 N–H and O–H groups in total. The van der Waals surface area contributed by atoms with E-state index in [9.17, 15) is 8.78 Å². The second kappa shape index (κ2) is 5.83. The molecule has 0 saturated carbocycles. The Morgan fingerprint density at radius 1 is 1.40 bits per heavy atom. The van der Waals surface area contributed by atoms with Gasteiger partial charge in [-0.3, -0.25) is 0 Å². The highest BCUT2D eigenvalue weighted by Gasteiger charge is 2.15. The van der Waals surface area contributed by atoms with Crippen molar-refractivity contribution < 1.29 is 8.78 Å². The summed E-state index contributed by atoms with van der Waals surface area (Å²) < 4.78 is 26.4. The predicted octanol–water partition coefficient (Wildman–Crippen LogP) is 3.35. The fourth-order valence-corrected chi connectivity index (χ4v) is 1.34. The van der Waals surface area contributed by atoms with Crippen LogP contribution in [-0.2, 0) is 0 Å². The topological polar surface area (TPSA) is 26.0 Å². The Morgan fingerprint density at radius 2 is 1.87 bits per heavy atom. The van der Waals surface area contributed by atoms with Crippen molar-refractivity contribution in [1.29, 1.82) is 0 Å². The summed E-state index contributed by atoms with van der Waals surface area (Å²) >= 11 is 0. The molecule has 1 aromatic rings. The molecule has 0 saturated heterocycles. The molecule has 0 spiro atoms. The van der Waals surface area contributed by atoms with E-state index >= 15 is 0 Å². The monoisotopic (exact) mass is 233 g/mol. The molecule has 0 unspecified atom stereocenters. The first-order valence-electron chi connectivity index (χ1n) is 4.36. The number of nitrogens with two attached hydrogens (primary N) is 1. The zero-order valence-corrected chi connectivity index (χ0v) is 9.28. The Labute approximate surface area is 94.4 Å². The molecule has 0 aliphatic carbocycles. The maximum absolute atomic E-state index is 13.2. The third-order valence-electron chi connectivity index (χ3n) is 1.94. The normalized spacial score (nSPS) is 11.7. The van der Waals surface area contributed by atoms with E-state index in [-0.39, 0.29) is 18.0 Å². The van der Waals surface area contributed by atoms with Crippen LogP contribution in [0.5, 0.6) is 0 Å². The van der Waals surface area contributed by atoms with Crippen molar-refractivity contribution in [2.24, 2.45) is 5.73 Å². The lowest BCUT2D eigenvalue weighted by Crippen LogP contribution is -2.14. The van der Waals surface area contributed by atoms with Crippen molar-refractivity contribution >= 4 is 12.4 Å². The molecule has 0 amide bonds. The quantitative estimate of drug-likeness (QED) is 0.796. The Hall–Kier alpha value is -0.930. The number of hydrogen-bond acceptors (Lipinski definition) is 1. The van der Waals surface area contributed by atoms with Gasteiger partial charge in [0.15, 0.2) is 0 Å². The van der Waals surface area contributed by atoms with Gasteiger partial charge in [-0.2, -0.15) is 0 Å². The minimum Gasteiger partial charge on any atom is -0.324 e. The van der Waals surface area contributed by atoms with Crippen LogP contribution in [0.1, 0.15) is 24.9 Å². The minimum atomic E-state index is -0.659. The second-order valence-electron chi connectivity index (χ2n) is 3.40. The zero-order chi connectivity index (χ0) is 10.7. The minimum absolute atomic E-state index is 0. The molecule has 0 radical (unpaired) electrons. The van der Waals surface area contributed by atoms with Gasteiger partial charge in [0.1, 0.15) is 11.6 Å². The Balaban J connectivity index is 0.00000196. The van der Waals surface area contributed by atoms with Crippen molar-refractivity contribution in [2.45, 2.75) is 19.4 Å². The van der Waals surface area contributed by atoms with Crippen LogP contribution in [0.4, 0.5) is 8.78 Å². The third-order valence-corrected chi connectivity index (χ3v) is 1.94. The maximum Gasteiger partial charge on any atom is 0.130 e. The Morgan fingerprint density at radius 3 is 2.27 bits per heavy atom. The van der Waals surface area contributed by atoms with E-state index in [1.165, 1.54) is 18.2 Å². The predicted molar refractivity (Wildman–Crippen MR) is 60.0 cm³/mol. The van der Waals surface area contributed by atoms with Gasteiger partial charge in [-0.15, -0.1) is 19.0 Å². The number of halogens is 3. The number of hydrogen-bond donors (Lipinski definition) is 1. The Kier molecular flexibility index (Phi) is 5.47. The summed E-state index contributed by atoms with van der Waals surface area (Å²) in [4.78, 5) is 0. The molecule has 0 fully saturated rings. The van der Waals surface area contributed by atoms with Crippen LogP contribution in [0.15, 0.2) is 30.4 Å². The largest absolute Gasteiger partial charge is 0.324 e. The molecule has 0 aliphatic rings. The SMILES string of the molecule is C=C(C)C[C@@H](N)c1c(F)cccc1F.Cl. The average molecular weight is 234 g/mol. The van der Waals surface area contributed by atoms with Gasteiger partial charge in [0.05, 0.1) is 0 Å². The van der Waals surface area contributed by atoms with E-state index in [1.807, 2.05) is 0 Å². The van der Waals surface area contributed by atoms with Crippen LogP contribution in [0.25, 0.3) is 0 Å². The summed E-state index contributed by atoms with van der Waals surface area (Å²) in [6, 6.07) is 3.07. The molecule has 0 heterocycles. The fraction of sp³-hybridized carbons (Fsp3) is 0.273. The maximum atomic E-state index is 13.2. The van der Waals surface area contributed by atoms with Crippen molar-refractivity contribution in [1.82, 2.24) is 0 Å². The van der Waals surface area contributed by atoms with E-state index in [0.29, 0.717) is 6.42 Å². The molecular weight excluding hydrogens is 220 g/mol. The van der Waals surface area contributed by atoms with Crippen molar-refractivity contribution in [3.8, 4) is 0 Å². The summed E-state index contributed by atoms with van der Waals surface area (Å²) in [5.74, 6) is -1.20. The molecule has 1 atom stereocenters. The molecular formula is C11H14ClF2N. The lowest BCUT2D eigenvalue weighted by Gasteiger charge is -2.13. The van der Waals surface area contributed by atoms with Gasteiger partial charge in [-0.25, -0.2) is 8.78 Å². The van der Waals surface area contributed by atoms with Gasteiger partial charge >= 0.3 is 0 Å². The van der Waals surface area contributed by atoms with Crippen LogP contribution in [-0.4, -0.2) is 0 Å². The van der Waals surface area contributed by atoms with Gasteiger partial charge in [-0.1, -0.05) is 11.6 Å². The van der Waals surface area contributed by atoms with Crippen LogP contribution < -0.4 is 5.73 Å². The highest BCUT2D eigenvalue weighted by Crippen LogP contribution is 2.23. The van der Waals surface area contributed by atoms with Crippen molar-refractivity contribution in [3.63, 3.8) is 0 Å². The smallest absolute Gasteiger partial charge is 0.130 e. The van der Waals surface area contributed by atoms with Crippen LogP contribution in [0.3, 0.4) is 0 Å². The standard InChI is InChI=1S/C11H13F2N.ClH/c1-7(2)6-10(14)11-8(12)4-3-5-9(11)13;/h3-5,10H,1,6,14H2,2H3;1H/t10-;/m1./s1. The van der Waals surface area contributed by atoms with E-state index in [1.54, 1.807) is 6.92 Å². The molecule has 1 nitrogen and oxygen atoms in total. The lowest BCUT2D eigenvalue weighted by molar-refractivity contribution is 0.524. The van der Waals surface area contributed by atoms with E-state index in [2.05, 4.69) is 6.58 Å². The summed E-state index contributed by atoms with van der Waals surface area (Å²) in [6.07, 6.45) is 0.387. The highest BCUT2D eigenvalue weighted by atomic mass is 35.5. The first-order chi connectivity index (χ1) is 6.52. The summed E-state index contributed by atoms with van der Waals surface area (Å²) in [7, 11) is 0. The first kappa shape index (κ1) is 14.1. The van der Waals surface area contributed by atoms with E-state index in [0.717, 1.165) is 5.57 Å². The van der Waals surface area contributed by atoms with Crippen molar-refractivity contribution in [3.05, 3.63) is 47.5 Å². The van der Waals surface area contributed by atoms with Crippen LogP contribution >= 0.6 is 12.4 Å². The number of benzene rings is 1. The van der Waals surface area contributed by atoms with Crippen molar-refractivity contribution in [2.75, 3.05) is 0 Å². The first-order valence-corrected chi connectivity index (χ1v) is 4.36. The average Bonchev–Trinajstić information content (AvgIpc) is 2.01. The Bertz CT molecular complexity index is 332. The van der Waals surface area contributed by atoms with Crippen LogP contribution in [0.2, 0.25) is 0 Å². The van der Waals surface area contributed by atoms with E-state index < -0.39 is 17.7 Å². The fourth-order valence-electron chi connectivity index (χ4n) is 1.34. The molecule has 84 valence electrons. The van der Waals surface area contributed by atoms with Gasteiger partial charge in [0.25, 0.3) is 0 Å². The van der Waals surface area contributed by atoms with Gasteiger partial charge in [0.2, 0.25) is 0 Å².